The van der Waals surface area contributed by atoms with Gasteiger partial charge in [0.25, 0.3) is 0 Å². The van der Waals surface area contributed by atoms with Crippen LogP contribution in [0.25, 0.3) is 0 Å². The molecule has 0 radical (unpaired) electrons. The van der Waals surface area contributed by atoms with Gasteiger partial charge in [-0.25, -0.2) is 4.79 Å². The van der Waals surface area contributed by atoms with Crippen LogP contribution in [0.5, 0.6) is 0 Å². The second kappa shape index (κ2) is 5.97. The maximum atomic E-state index is 11.6. The molecule has 0 atom stereocenters. The number of rotatable bonds is 3. The molecular weight excluding hydrogens is 267 g/mol. The van der Waals surface area contributed by atoms with E-state index in [1.165, 1.54) is 6.08 Å². The number of esters is 1. The summed E-state index contributed by atoms with van der Waals surface area (Å²) in [6.45, 7) is 15.5. The van der Waals surface area contributed by atoms with Gasteiger partial charge in [-0.2, -0.15) is 0 Å². The Kier molecular flexibility index (Phi) is 5.11. The lowest BCUT2D eigenvalue weighted by molar-refractivity contribution is -0.148. The highest BCUT2D eigenvalue weighted by molar-refractivity contribution is 6.54. The molecule has 0 aromatic rings. The molecule has 1 aliphatic heterocycles. The van der Waals surface area contributed by atoms with Crippen molar-refractivity contribution in [2.24, 2.45) is 0 Å². The molecule has 0 aromatic carbocycles. The van der Waals surface area contributed by atoms with Gasteiger partial charge in [-0.1, -0.05) is 12.2 Å². The fourth-order valence-corrected chi connectivity index (χ4v) is 1.72. The summed E-state index contributed by atoms with van der Waals surface area (Å²) in [7, 11) is -0.390. The zero-order valence-electron chi connectivity index (χ0n) is 14.4. The topological polar surface area (TPSA) is 44.8 Å². The smallest absolute Gasteiger partial charge is 0.457 e. The van der Waals surface area contributed by atoms with Gasteiger partial charge in [-0.05, 0) is 60.9 Å². The second-order valence-corrected chi connectivity index (χ2v) is 7.39. The third-order valence-corrected chi connectivity index (χ3v) is 3.62. The van der Waals surface area contributed by atoms with Gasteiger partial charge < -0.3 is 14.0 Å². The van der Waals surface area contributed by atoms with E-state index in [0.29, 0.717) is 0 Å². The molecule has 1 saturated heterocycles. The van der Waals surface area contributed by atoms with Gasteiger partial charge in [0.1, 0.15) is 5.60 Å². The standard InChI is InChI=1S/C16H27BO4/c1-12(10-9-11-13(18)19-14(2,3)4)17-20-15(5,6)16(7,8)21-17/h9-11H,1-8H3/b11-9+,12-10-. The normalized spacial score (nSPS) is 21.9. The number of hydrogen-bond acceptors (Lipinski definition) is 4. The number of carbonyl (C=O) groups is 1. The summed E-state index contributed by atoms with van der Waals surface area (Å²) >= 11 is 0. The van der Waals surface area contributed by atoms with Crippen LogP contribution in [-0.2, 0) is 18.8 Å². The van der Waals surface area contributed by atoms with Crippen LogP contribution < -0.4 is 0 Å². The summed E-state index contributed by atoms with van der Waals surface area (Å²) in [6, 6.07) is 0. The zero-order chi connectivity index (χ0) is 16.5. The largest absolute Gasteiger partial charge is 0.490 e. The summed E-state index contributed by atoms with van der Waals surface area (Å²) in [6.07, 6.45) is 4.88. The predicted molar refractivity (Wildman–Crippen MR) is 84.8 cm³/mol. The third-order valence-electron chi connectivity index (χ3n) is 3.62. The number of hydrogen-bond donors (Lipinski definition) is 0. The molecule has 0 bridgehead atoms. The van der Waals surface area contributed by atoms with Crippen LogP contribution in [-0.4, -0.2) is 29.9 Å². The molecule has 0 amide bonds. The van der Waals surface area contributed by atoms with E-state index in [4.69, 9.17) is 14.0 Å². The van der Waals surface area contributed by atoms with Crippen molar-refractivity contribution in [2.75, 3.05) is 0 Å². The van der Waals surface area contributed by atoms with Gasteiger partial charge in [0, 0.05) is 6.08 Å². The van der Waals surface area contributed by atoms with Crippen molar-refractivity contribution < 1.29 is 18.8 Å². The molecule has 4 nitrogen and oxygen atoms in total. The highest BCUT2D eigenvalue weighted by atomic mass is 16.7. The Balaban J connectivity index is 2.65. The Morgan fingerprint density at radius 1 is 1.10 bits per heavy atom. The molecule has 5 heteroatoms. The van der Waals surface area contributed by atoms with Crippen LogP contribution >= 0.6 is 0 Å². The molecule has 1 fully saturated rings. The Hall–Kier alpha value is -1.07. The minimum absolute atomic E-state index is 0.359. The van der Waals surface area contributed by atoms with Crippen LogP contribution in [0.2, 0.25) is 0 Å². The van der Waals surface area contributed by atoms with E-state index in [1.54, 1.807) is 6.08 Å². The number of ether oxygens (including phenoxy) is 1. The van der Waals surface area contributed by atoms with E-state index in [9.17, 15) is 4.79 Å². The molecule has 0 aliphatic carbocycles. The van der Waals surface area contributed by atoms with Gasteiger partial charge in [-0.3, -0.25) is 0 Å². The van der Waals surface area contributed by atoms with Crippen LogP contribution in [0.15, 0.2) is 23.7 Å². The third kappa shape index (κ3) is 5.01. The zero-order valence-corrected chi connectivity index (χ0v) is 14.4. The van der Waals surface area contributed by atoms with E-state index < -0.39 is 12.7 Å². The van der Waals surface area contributed by atoms with Gasteiger partial charge >= 0.3 is 13.1 Å². The first-order valence-corrected chi connectivity index (χ1v) is 7.27. The van der Waals surface area contributed by atoms with Crippen molar-refractivity contribution in [3.05, 3.63) is 23.7 Å². The Morgan fingerprint density at radius 2 is 1.57 bits per heavy atom. The van der Waals surface area contributed by atoms with Crippen molar-refractivity contribution >= 4 is 13.1 Å². The highest BCUT2D eigenvalue weighted by Crippen LogP contribution is 2.38. The number of carbonyl (C=O) groups excluding carboxylic acids is 1. The summed E-state index contributed by atoms with van der Waals surface area (Å²) in [4.78, 5) is 11.6. The quantitative estimate of drug-likeness (QED) is 0.346. The lowest BCUT2D eigenvalue weighted by atomic mass is 9.79. The van der Waals surface area contributed by atoms with Crippen LogP contribution in [0.1, 0.15) is 55.4 Å². The van der Waals surface area contributed by atoms with Crippen LogP contribution in [0.4, 0.5) is 0 Å². The molecule has 0 unspecified atom stereocenters. The van der Waals surface area contributed by atoms with E-state index in [-0.39, 0.29) is 17.2 Å². The molecule has 0 saturated carbocycles. The van der Waals surface area contributed by atoms with Crippen molar-refractivity contribution in [3.63, 3.8) is 0 Å². The lowest BCUT2D eigenvalue weighted by Gasteiger charge is -2.32. The number of allylic oxidation sites excluding steroid dienone is 3. The minimum atomic E-state index is -0.480. The van der Waals surface area contributed by atoms with E-state index in [0.717, 1.165) is 5.47 Å². The molecule has 0 aromatic heterocycles. The molecule has 1 rings (SSSR count). The van der Waals surface area contributed by atoms with Gasteiger partial charge in [0.05, 0.1) is 11.2 Å². The van der Waals surface area contributed by atoms with Gasteiger partial charge in [0.2, 0.25) is 0 Å². The highest BCUT2D eigenvalue weighted by Gasteiger charge is 2.51. The van der Waals surface area contributed by atoms with E-state index in [2.05, 4.69) is 0 Å². The Morgan fingerprint density at radius 3 is 2.00 bits per heavy atom. The fourth-order valence-electron chi connectivity index (χ4n) is 1.72. The first-order valence-electron chi connectivity index (χ1n) is 7.27. The maximum absolute atomic E-state index is 11.6. The monoisotopic (exact) mass is 294 g/mol. The second-order valence-electron chi connectivity index (χ2n) is 7.39. The average Bonchev–Trinajstić information content (AvgIpc) is 2.45. The summed E-state index contributed by atoms with van der Waals surface area (Å²) < 4.78 is 17.0. The SMILES string of the molecule is C/C(=C/C=C/C(=O)OC(C)(C)C)B1OC(C)(C)C(C)(C)O1. The van der Waals surface area contributed by atoms with Crippen LogP contribution in [0, 0.1) is 0 Å². The first kappa shape index (κ1) is 18.0. The molecule has 118 valence electrons. The molecule has 0 N–H and O–H groups in total. The summed E-state index contributed by atoms with van der Waals surface area (Å²) in [5.41, 5.74) is -0.289. The van der Waals surface area contributed by atoms with E-state index >= 15 is 0 Å². The van der Waals surface area contributed by atoms with Crippen molar-refractivity contribution in [1.29, 1.82) is 0 Å². The first-order chi connectivity index (χ1) is 9.34. The Labute approximate surface area is 128 Å². The van der Waals surface area contributed by atoms with Gasteiger partial charge in [-0.15, -0.1) is 0 Å². The van der Waals surface area contributed by atoms with Gasteiger partial charge in [0.15, 0.2) is 0 Å². The fraction of sp³-hybridized carbons (Fsp3) is 0.688. The van der Waals surface area contributed by atoms with Crippen molar-refractivity contribution in [3.8, 4) is 0 Å². The molecular formula is C16H27BO4. The van der Waals surface area contributed by atoms with Crippen molar-refractivity contribution in [2.45, 2.75) is 72.2 Å². The van der Waals surface area contributed by atoms with E-state index in [1.807, 2.05) is 61.5 Å². The lowest BCUT2D eigenvalue weighted by Crippen LogP contribution is -2.41. The molecule has 21 heavy (non-hydrogen) atoms. The molecule has 0 spiro atoms. The Bertz CT molecular complexity index is 439. The van der Waals surface area contributed by atoms with Crippen LogP contribution in [0.3, 0.4) is 0 Å². The van der Waals surface area contributed by atoms with Crippen molar-refractivity contribution in [1.82, 2.24) is 0 Å². The predicted octanol–water partition coefficient (Wildman–Crippen LogP) is 3.46. The molecule has 1 aliphatic rings. The summed E-state index contributed by atoms with van der Waals surface area (Å²) in [5, 5.41) is 0. The maximum Gasteiger partial charge on any atom is 0.490 e. The molecule has 1 heterocycles. The minimum Gasteiger partial charge on any atom is -0.457 e. The average molecular weight is 294 g/mol. The summed E-state index contributed by atoms with van der Waals surface area (Å²) in [5.74, 6) is -0.361.